The zero-order valence-electron chi connectivity index (χ0n) is 11.3. The Morgan fingerprint density at radius 1 is 1.17 bits per heavy atom. The molecule has 2 rings (SSSR count). The summed E-state index contributed by atoms with van der Waals surface area (Å²) >= 11 is 0. The van der Waals surface area contributed by atoms with Crippen molar-refractivity contribution in [3.63, 3.8) is 0 Å². The molecule has 1 atom stereocenters. The fourth-order valence-electron chi connectivity index (χ4n) is 1.59. The van der Waals surface area contributed by atoms with E-state index in [0.717, 1.165) is 5.56 Å². The van der Waals surface area contributed by atoms with E-state index in [9.17, 15) is 0 Å². The van der Waals surface area contributed by atoms with Crippen LogP contribution < -0.4 is 5.73 Å². The minimum atomic E-state index is -0.342. The first-order valence-electron chi connectivity index (χ1n) is 6.04. The molecule has 0 aliphatic heterocycles. The summed E-state index contributed by atoms with van der Waals surface area (Å²) in [6.45, 7) is 8.13. The van der Waals surface area contributed by atoms with Gasteiger partial charge in [-0.15, -0.1) is 0 Å². The number of aromatic nitrogens is 2. The van der Waals surface area contributed by atoms with Crippen LogP contribution in [0.2, 0.25) is 0 Å². The maximum Gasteiger partial charge on any atom is 0.232 e. The van der Waals surface area contributed by atoms with E-state index in [2.05, 4.69) is 10.1 Å². The van der Waals surface area contributed by atoms with Gasteiger partial charge in [0.05, 0.1) is 6.04 Å². The van der Waals surface area contributed by atoms with Gasteiger partial charge in [0.2, 0.25) is 5.89 Å². The summed E-state index contributed by atoms with van der Waals surface area (Å²) in [6.07, 6.45) is 0. The molecule has 96 valence electrons. The Labute approximate surface area is 107 Å². The molecule has 0 saturated carbocycles. The molecule has 2 aromatic rings. The largest absolute Gasteiger partial charge is 0.339 e. The molecular formula is C14H19N3O. The molecule has 1 unspecified atom stereocenters. The van der Waals surface area contributed by atoms with Crippen LogP contribution in [0, 0.1) is 6.92 Å². The molecule has 0 amide bonds. The van der Waals surface area contributed by atoms with Gasteiger partial charge in [-0.3, -0.25) is 0 Å². The summed E-state index contributed by atoms with van der Waals surface area (Å²) in [5.41, 5.74) is 8.17. The lowest BCUT2D eigenvalue weighted by atomic mass is 9.97. The molecule has 1 aromatic heterocycles. The van der Waals surface area contributed by atoms with E-state index in [1.165, 1.54) is 5.56 Å². The first-order valence-corrected chi connectivity index (χ1v) is 6.04. The monoisotopic (exact) mass is 245 g/mol. The zero-order valence-corrected chi connectivity index (χ0v) is 11.3. The number of rotatable bonds is 2. The molecule has 1 aromatic carbocycles. The van der Waals surface area contributed by atoms with Crippen LogP contribution >= 0.6 is 0 Å². The fraction of sp³-hybridized carbons (Fsp3) is 0.429. The molecule has 0 aliphatic rings. The van der Waals surface area contributed by atoms with Gasteiger partial charge in [0.1, 0.15) is 0 Å². The van der Waals surface area contributed by atoms with Gasteiger partial charge in [-0.25, -0.2) is 0 Å². The Hall–Kier alpha value is -1.68. The van der Waals surface area contributed by atoms with Gasteiger partial charge >= 0.3 is 0 Å². The average Bonchev–Trinajstić information content (AvgIpc) is 2.78. The predicted octanol–water partition coefficient (Wildman–Crippen LogP) is 2.72. The smallest absolute Gasteiger partial charge is 0.232 e. The molecule has 0 saturated heterocycles. The Morgan fingerprint density at radius 2 is 1.78 bits per heavy atom. The minimum Gasteiger partial charge on any atom is -0.339 e. The molecule has 0 bridgehead atoms. The standard InChI is InChI=1S/C14H19N3O/c1-9-5-7-10(8-6-9)11(15)12-16-13(18-17-12)14(2,3)4/h5-8,11H,15H2,1-4H3. The Morgan fingerprint density at radius 3 is 2.28 bits per heavy atom. The molecule has 1 heterocycles. The number of hydrogen-bond acceptors (Lipinski definition) is 4. The number of benzene rings is 1. The van der Waals surface area contributed by atoms with E-state index in [1.54, 1.807) is 0 Å². The Balaban J connectivity index is 2.26. The van der Waals surface area contributed by atoms with Crippen molar-refractivity contribution in [1.82, 2.24) is 10.1 Å². The van der Waals surface area contributed by atoms with Crippen LogP contribution in [0.3, 0.4) is 0 Å². The lowest BCUT2D eigenvalue weighted by molar-refractivity contribution is 0.317. The summed E-state index contributed by atoms with van der Waals surface area (Å²) in [5, 5.41) is 3.97. The van der Waals surface area contributed by atoms with Crippen molar-refractivity contribution in [2.45, 2.75) is 39.2 Å². The van der Waals surface area contributed by atoms with Crippen LogP contribution in [-0.4, -0.2) is 10.1 Å². The first kappa shape index (κ1) is 12.8. The van der Waals surface area contributed by atoms with Crippen molar-refractivity contribution in [3.8, 4) is 0 Å². The SMILES string of the molecule is Cc1ccc(C(N)c2noc(C(C)(C)C)n2)cc1. The van der Waals surface area contributed by atoms with Crippen LogP contribution in [0.5, 0.6) is 0 Å². The molecule has 0 radical (unpaired) electrons. The van der Waals surface area contributed by atoms with Crippen molar-refractivity contribution in [2.75, 3.05) is 0 Å². The van der Waals surface area contributed by atoms with Crippen LogP contribution in [0.4, 0.5) is 0 Å². The summed E-state index contributed by atoms with van der Waals surface area (Å²) in [6, 6.07) is 7.70. The number of nitrogens with zero attached hydrogens (tertiary/aromatic N) is 2. The van der Waals surface area contributed by atoms with Crippen molar-refractivity contribution in [2.24, 2.45) is 5.73 Å². The van der Waals surface area contributed by atoms with Crippen LogP contribution in [-0.2, 0) is 5.41 Å². The highest BCUT2D eigenvalue weighted by Gasteiger charge is 2.24. The Bertz CT molecular complexity index is 523. The predicted molar refractivity (Wildman–Crippen MR) is 70.2 cm³/mol. The molecule has 4 heteroatoms. The highest BCUT2D eigenvalue weighted by molar-refractivity contribution is 5.27. The van der Waals surface area contributed by atoms with Gasteiger partial charge in [0, 0.05) is 5.41 Å². The molecular weight excluding hydrogens is 226 g/mol. The third-order valence-electron chi connectivity index (χ3n) is 2.80. The highest BCUT2D eigenvalue weighted by atomic mass is 16.5. The first-order chi connectivity index (χ1) is 8.38. The molecule has 2 N–H and O–H groups in total. The minimum absolute atomic E-state index is 0.155. The number of nitrogens with two attached hydrogens (primary N) is 1. The third-order valence-corrected chi connectivity index (χ3v) is 2.80. The number of aryl methyl sites for hydroxylation is 1. The van der Waals surface area contributed by atoms with Crippen LogP contribution in [0.1, 0.15) is 49.7 Å². The normalized spacial score (nSPS) is 13.6. The Kier molecular flexibility index (Phi) is 3.22. The topological polar surface area (TPSA) is 64.9 Å². The lowest BCUT2D eigenvalue weighted by Crippen LogP contribution is -2.15. The second-order valence-electron chi connectivity index (χ2n) is 5.60. The van der Waals surface area contributed by atoms with Crippen molar-refractivity contribution in [1.29, 1.82) is 0 Å². The van der Waals surface area contributed by atoms with Crippen molar-refractivity contribution >= 4 is 0 Å². The van der Waals surface area contributed by atoms with Gasteiger partial charge < -0.3 is 10.3 Å². The molecule has 18 heavy (non-hydrogen) atoms. The number of hydrogen-bond donors (Lipinski definition) is 1. The van der Waals surface area contributed by atoms with Gasteiger partial charge in [-0.2, -0.15) is 4.98 Å². The van der Waals surface area contributed by atoms with Gasteiger partial charge in [0.25, 0.3) is 0 Å². The van der Waals surface area contributed by atoms with Gasteiger partial charge in [0.15, 0.2) is 5.82 Å². The lowest BCUT2D eigenvalue weighted by Gasteiger charge is -2.11. The van der Waals surface area contributed by atoms with E-state index >= 15 is 0 Å². The van der Waals surface area contributed by atoms with E-state index in [4.69, 9.17) is 10.3 Å². The third kappa shape index (κ3) is 2.59. The molecule has 0 spiro atoms. The highest BCUT2D eigenvalue weighted by Crippen LogP contribution is 2.23. The second-order valence-corrected chi connectivity index (χ2v) is 5.60. The van der Waals surface area contributed by atoms with E-state index in [-0.39, 0.29) is 11.5 Å². The maximum absolute atomic E-state index is 6.14. The summed E-state index contributed by atoms with van der Waals surface area (Å²) in [5.74, 6) is 1.14. The van der Waals surface area contributed by atoms with Gasteiger partial charge in [-0.1, -0.05) is 55.8 Å². The van der Waals surface area contributed by atoms with Crippen molar-refractivity contribution in [3.05, 3.63) is 47.1 Å². The van der Waals surface area contributed by atoms with Gasteiger partial charge in [-0.05, 0) is 12.5 Å². The quantitative estimate of drug-likeness (QED) is 0.883. The van der Waals surface area contributed by atoms with Crippen LogP contribution in [0.15, 0.2) is 28.8 Å². The maximum atomic E-state index is 6.14. The van der Waals surface area contributed by atoms with E-state index < -0.39 is 0 Å². The van der Waals surface area contributed by atoms with Crippen LogP contribution in [0.25, 0.3) is 0 Å². The fourth-order valence-corrected chi connectivity index (χ4v) is 1.59. The summed E-state index contributed by atoms with van der Waals surface area (Å²) in [4.78, 5) is 4.38. The molecule has 4 nitrogen and oxygen atoms in total. The molecule has 0 aliphatic carbocycles. The second kappa shape index (κ2) is 4.53. The van der Waals surface area contributed by atoms with E-state index in [0.29, 0.717) is 11.7 Å². The van der Waals surface area contributed by atoms with E-state index in [1.807, 2.05) is 52.0 Å². The zero-order chi connectivity index (χ0) is 13.3. The van der Waals surface area contributed by atoms with Crippen molar-refractivity contribution < 1.29 is 4.52 Å². The average molecular weight is 245 g/mol. The molecule has 0 fully saturated rings. The summed E-state index contributed by atoms with van der Waals surface area (Å²) < 4.78 is 5.25. The summed E-state index contributed by atoms with van der Waals surface area (Å²) in [7, 11) is 0.